The van der Waals surface area contributed by atoms with Crippen molar-refractivity contribution in [2.75, 3.05) is 18.4 Å². The van der Waals surface area contributed by atoms with Gasteiger partial charge in [-0.3, -0.25) is 28.9 Å². The van der Waals surface area contributed by atoms with Crippen LogP contribution in [0.1, 0.15) is 57.9 Å². The number of benzene rings is 1. The summed E-state index contributed by atoms with van der Waals surface area (Å²) in [4.78, 5) is 74.2. The van der Waals surface area contributed by atoms with E-state index in [2.05, 4.69) is 21.3 Å². The van der Waals surface area contributed by atoms with Crippen LogP contribution in [0.4, 0.5) is 10.5 Å². The van der Waals surface area contributed by atoms with Crippen LogP contribution in [0.5, 0.6) is 0 Å². The highest BCUT2D eigenvalue weighted by Crippen LogP contribution is 2.12. The van der Waals surface area contributed by atoms with E-state index in [1.807, 2.05) is 32.9 Å². The summed E-state index contributed by atoms with van der Waals surface area (Å²) in [5, 5.41) is 10.8. The maximum Gasteiger partial charge on any atom is 0.312 e. The van der Waals surface area contributed by atoms with Gasteiger partial charge in [-0.1, -0.05) is 38.0 Å². The fourth-order valence-electron chi connectivity index (χ4n) is 4.08. The third-order valence-corrected chi connectivity index (χ3v) is 6.37. The number of anilines is 1. The Hall–Kier alpha value is -4.22. The average Bonchev–Trinajstić information content (AvgIpc) is 3.21. The molecule has 0 unspecified atom stereocenters. The molecule has 6 N–H and O–H groups in total. The Kier molecular flexibility index (Phi) is 12.8. The molecule has 1 heterocycles. The van der Waals surface area contributed by atoms with E-state index < -0.39 is 24.0 Å². The maximum atomic E-state index is 13.2. The molecule has 0 saturated carbocycles. The summed E-state index contributed by atoms with van der Waals surface area (Å²) in [6.07, 6.45) is 4.86. The van der Waals surface area contributed by atoms with Crippen LogP contribution in [0.15, 0.2) is 36.4 Å². The van der Waals surface area contributed by atoms with Crippen molar-refractivity contribution in [3.05, 3.63) is 42.0 Å². The van der Waals surface area contributed by atoms with Gasteiger partial charge >= 0.3 is 6.03 Å². The third-order valence-electron chi connectivity index (χ3n) is 6.37. The number of hydrogen-bond acceptors (Lipinski definition) is 6. The molecule has 2 rings (SSSR count). The molecular weight excluding hydrogens is 516 g/mol. The number of urea groups is 1. The third kappa shape index (κ3) is 10.9. The number of primary amides is 1. The molecule has 40 heavy (non-hydrogen) atoms. The average molecular weight is 557 g/mol. The number of imide groups is 1. The second-order valence-corrected chi connectivity index (χ2v) is 10.1. The lowest BCUT2D eigenvalue weighted by atomic mass is 10.0. The van der Waals surface area contributed by atoms with Crippen molar-refractivity contribution < 1.29 is 28.8 Å². The van der Waals surface area contributed by atoms with Crippen LogP contribution in [0.3, 0.4) is 0 Å². The molecule has 2 atom stereocenters. The number of hydrogen-bond donors (Lipinski definition) is 5. The molecule has 7 amide bonds. The quantitative estimate of drug-likeness (QED) is 0.152. The highest BCUT2D eigenvalue weighted by molar-refractivity contribution is 6.12. The van der Waals surface area contributed by atoms with Crippen LogP contribution < -0.4 is 27.0 Å². The topological polar surface area (TPSA) is 180 Å². The Morgan fingerprint density at radius 1 is 0.875 bits per heavy atom. The van der Waals surface area contributed by atoms with Crippen molar-refractivity contribution >= 4 is 41.3 Å². The summed E-state index contributed by atoms with van der Waals surface area (Å²) in [5.41, 5.74) is 6.75. The summed E-state index contributed by atoms with van der Waals surface area (Å²) >= 11 is 0. The molecular formula is C28H40N6O6. The standard InChI is InChI=1S/C28H40N6O6/c1-18(2)25(27(39)31-20-12-10-19(3)11-13-20)33-26(38)21(8-7-16-30-28(29)40)32-22(35)9-5-4-6-17-34-23(36)14-15-24(34)37/h10-15,18,21,25H,4-9,16-17H2,1-3H3,(H,31,39)(H,32,35)(H,33,38)(H3,29,30,40)/t21-,25-/m0/s1. The van der Waals surface area contributed by atoms with Crippen molar-refractivity contribution in [2.24, 2.45) is 11.7 Å². The van der Waals surface area contributed by atoms with Crippen LogP contribution >= 0.6 is 0 Å². The van der Waals surface area contributed by atoms with E-state index in [4.69, 9.17) is 5.73 Å². The van der Waals surface area contributed by atoms with Gasteiger partial charge in [0.25, 0.3) is 11.8 Å². The molecule has 218 valence electrons. The molecule has 1 aromatic carbocycles. The number of rotatable bonds is 16. The first-order valence-electron chi connectivity index (χ1n) is 13.5. The monoisotopic (exact) mass is 556 g/mol. The smallest absolute Gasteiger partial charge is 0.312 e. The lowest BCUT2D eigenvalue weighted by Crippen LogP contribution is -2.54. The zero-order valence-corrected chi connectivity index (χ0v) is 23.3. The minimum absolute atomic E-state index is 0.144. The predicted molar refractivity (Wildman–Crippen MR) is 150 cm³/mol. The van der Waals surface area contributed by atoms with Gasteiger partial charge in [-0.2, -0.15) is 0 Å². The van der Waals surface area contributed by atoms with Gasteiger partial charge in [0.15, 0.2) is 0 Å². The minimum atomic E-state index is -0.929. The van der Waals surface area contributed by atoms with E-state index >= 15 is 0 Å². The Bertz CT molecular complexity index is 1080. The summed E-state index contributed by atoms with van der Waals surface area (Å²) in [5.74, 6) is -2.14. The highest BCUT2D eigenvalue weighted by atomic mass is 16.2. The normalized spacial score (nSPS) is 14.2. The van der Waals surface area contributed by atoms with E-state index in [-0.39, 0.29) is 55.5 Å². The number of carbonyl (C=O) groups is 6. The largest absolute Gasteiger partial charge is 0.352 e. The molecule has 0 bridgehead atoms. The number of nitrogens with two attached hydrogens (primary N) is 1. The molecule has 1 aliphatic heterocycles. The number of aryl methyl sites for hydroxylation is 1. The summed E-state index contributed by atoms with van der Waals surface area (Å²) in [6.45, 7) is 6.06. The molecule has 0 saturated heterocycles. The number of nitrogens with zero attached hydrogens (tertiary/aromatic N) is 1. The SMILES string of the molecule is Cc1ccc(NC(=O)[C@@H](NC(=O)[C@H](CCCNC(N)=O)NC(=O)CCCCCN2C(=O)C=CC2=O)C(C)C)cc1. The first-order valence-corrected chi connectivity index (χ1v) is 13.5. The van der Waals surface area contributed by atoms with E-state index in [0.29, 0.717) is 31.4 Å². The maximum absolute atomic E-state index is 13.2. The number of carbonyl (C=O) groups excluding carboxylic acids is 6. The molecule has 12 nitrogen and oxygen atoms in total. The summed E-state index contributed by atoms with van der Waals surface area (Å²) in [7, 11) is 0. The minimum Gasteiger partial charge on any atom is -0.352 e. The Morgan fingerprint density at radius 2 is 1.52 bits per heavy atom. The van der Waals surface area contributed by atoms with Gasteiger partial charge in [-0.05, 0) is 50.7 Å². The number of amides is 7. The van der Waals surface area contributed by atoms with Crippen molar-refractivity contribution in [3.8, 4) is 0 Å². The summed E-state index contributed by atoms with van der Waals surface area (Å²) < 4.78 is 0. The van der Waals surface area contributed by atoms with E-state index in [1.165, 1.54) is 12.2 Å². The van der Waals surface area contributed by atoms with Gasteiger partial charge in [0.05, 0.1) is 0 Å². The number of unbranched alkanes of at least 4 members (excludes halogenated alkanes) is 2. The van der Waals surface area contributed by atoms with Crippen molar-refractivity contribution in [1.29, 1.82) is 0 Å². The van der Waals surface area contributed by atoms with Crippen LogP contribution in [-0.2, 0) is 24.0 Å². The van der Waals surface area contributed by atoms with Gasteiger partial charge in [-0.15, -0.1) is 0 Å². The Labute approximate surface area is 234 Å². The van der Waals surface area contributed by atoms with E-state index in [9.17, 15) is 28.8 Å². The molecule has 0 aromatic heterocycles. The Balaban J connectivity index is 1.92. The second-order valence-electron chi connectivity index (χ2n) is 10.1. The van der Waals surface area contributed by atoms with E-state index in [1.54, 1.807) is 12.1 Å². The summed E-state index contributed by atoms with van der Waals surface area (Å²) in [6, 6.07) is 4.83. The molecule has 1 aliphatic rings. The zero-order chi connectivity index (χ0) is 29.7. The molecule has 0 spiro atoms. The van der Waals surface area contributed by atoms with Crippen molar-refractivity contribution in [1.82, 2.24) is 20.9 Å². The van der Waals surface area contributed by atoms with Gasteiger partial charge in [-0.25, -0.2) is 4.79 Å². The Morgan fingerprint density at radius 3 is 2.12 bits per heavy atom. The van der Waals surface area contributed by atoms with Crippen LogP contribution in [0, 0.1) is 12.8 Å². The van der Waals surface area contributed by atoms with Crippen LogP contribution in [-0.4, -0.2) is 65.6 Å². The number of nitrogens with one attached hydrogen (secondary N) is 4. The van der Waals surface area contributed by atoms with Gasteiger partial charge in [0.1, 0.15) is 12.1 Å². The first-order chi connectivity index (χ1) is 19.0. The fourth-order valence-corrected chi connectivity index (χ4v) is 4.08. The van der Waals surface area contributed by atoms with Crippen LogP contribution in [0.2, 0.25) is 0 Å². The molecule has 0 aliphatic carbocycles. The molecule has 0 fully saturated rings. The lowest BCUT2D eigenvalue weighted by molar-refractivity contribution is -0.137. The van der Waals surface area contributed by atoms with Gasteiger partial charge < -0.3 is 27.0 Å². The second kappa shape index (κ2) is 16.0. The van der Waals surface area contributed by atoms with Gasteiger partial charge in [0, 0.05) is 37.3 Å². The molecule has 12 heteroatoms. The molecule has 0 radical (unpaired) electrons. The predicted octanol–water partition coefficient (Wildman–Crippen LogP) is 1.49. The van der Waals surface area contributed by atoms with E-state index in [0.717, 1.165) is 10.5 Å². The van der Waals surface area contributed by atoms with Crippen LogP contribution in [0.25, 0.3) is 0 Å². The molecule has 1 aromatic rings. The van der Waals surface area contributed by atoms with Crippen molar-refractivity contribution in [2.45, 2.75) is 71.4 Å². The highest BCUT2D eigenvalue weighted by Gasteiger charge is 2.29. The zero-order valence-electron chi connectivity index (χ0n) is 23.3. The first kappa shape index (κ1) is 32.0. The lowest BCUT2D eigenvalue weighted by Gasteiger charge is -2.25. The van der Waals surface area contributed by atoms with Gasteiger partial charge in [0.2, 0.25) is 17.7 Å². The van der Waals surface area contributed by atoms with Crippen molar-refractivity contribution in [3.63, 3.8) is 0 Å². The fraction of sp³-hybridized carbons (Fsp3) is 0.500.